The first-order valence-corrected chi connectivity index (χ1v) is 6.90. The summed E-state index contributed by atoms with van der Waals surface area (Å²) in [7, 11) is 1.92. The van der Waals surface area contributed by atoms with E-state index in [0.29, 0.717) is 0 Å². The Morgan fingerprint density at radius 1 is 1.44 bits per heavy atom. The second kappa shape index (κ2) is 6.02. The van der Waals surface area contributed by atoms with E-state index in [4.69, 9.17) is 5.73 Å². The molecule has 0 fully saturated rings. The quantitative estimate of drug-likeness (QED) is 0.841. The third-order valence-corrected chi connectivity index (χ3v) is 4.16. The van der Waals surface area contributed by atoms with Gasteiger partial charge in [0, 0.05) is 31.0 Å². The molecule has 2 atom stereocenters. The zero-order valence-electron chi connectivity index (χ0n) is 10.7. The van der Waals surface area contributed by atoms with Crippen molar-refractivity contribution < 1.29 is 0 Å². The fourth-order valence-corrected chi connectivity index (χ4v) is 2.91. The lowest BCUT2D eigenvalue weighted by Crippen LogP contribution is -2.25. The molecule has 0 spiro atoms. The standard InChI is InChI=1S/C13H18N4S/c1-3-11(14)13(10-8-16-17(2)9-10)18-12-6-4-5-7-15-12/h4-9,11,13H,3,14H2,1-2H3. The highest BCUT2D eigenvalue weighted by Crippen LogP contribution is 2.36. The number of aromatic nitrogens is 3. The molecule has 4 nitrogen and oxygen atoms in total. The van der Waals surface area contributed by atoms with Crippen LogP contribution in [0.15, 0.2) is 41.8 Å². The van der Waals surface area contributed by atoms with Crippen molar-refractivity contribution in [3.8, 4) is 0 Å². The molecular formula is C13H18N4S. The van der Waals surface area contributed by atoms with E-state index in [1.165, 1.54) is 0 Å². The summed E-state index contributed by atoms with van der Waals surface area (Å²) in [5.74, 6) is 0. The number of nitrogens with two attached hydrogens (primary N) is 1. The van der Waals surface area contributed by atoms with E-state index in [0.717, 1.165) is 17.0 Å². The Bertz CT molecular complexity index is 483. The van der Waals surface area contributed by atoms with Crippen LogP contribution in [0.3, 0.4) is 0 Å². The molecule has 0 aliphatic rings. The average Bonchev–Trinajstić information content (AvgIpc) is 2.83. The van der Waals surface area contributed by atoms with E-state index in [1.54, 1.807) is 18.0 Å². The van der Waals surface area contributed by atoms with Gasteiger partial charge in [0.25, 0.3) is 0 Å². The van der Waals surface area contributed by atoms with Gasteiger partial charge in [-0.3, -0.25) is 4.68 Å². The molecule has 0 bridgehead atoms. The number of aryl methyl sites for hydroxylation is 1. The minimum Gasteiger partial charge on any atom is -0.326 e. The third kappa shape index (κ3) is 3.11. The van der Waals surface area contributed by atoms with Crippen molar-refractivity contribution in [3.05, 3.63) is 42.4 Å². The molecule has 2 aromatic heterocycles. The highest BCUT2D eigenvalue weighted by molar-refractivity contribution is 7.99. The SMILES string of the molecule is CCC(N)C(Sc1ccccn1)c1cnn(C)c1. The van der Waals surface area contributed by atoms with E-state index in [1.807, 2.05) is 42.3 Å². The van der Waals surface area contributed by atoms with Crippen LogP contribution >= 0.6 is 11.8 Å². The van der Waals surface area contributed by atoms with Crippen molar-refractivity contribution >= 4 is 11.8 Å². The minimum atomic E-state index is 0.0983. The Kier molecular flexibility index (Phi) is 4.38. The Morgan fingerprint density at radius 2 is 2.28 bits per heavy atom. The normalized spacial score (nSPS) is 14.4. The lowest BCUT2D eigenvalue weighted by Gasteiger charge is -2.20. The Balaban J connectivity index is 2.21. The van der Waals surface area contributed by atoms with Gasteiger partial charge < -0.3 is 5.73 Å². The highest BCUT2D eigenvalue weighted by Gasteiger charge is 2.21. The predicted octanol–water partition coefficient (Wildman–Crippen LogP) is 2.39. The number of thioether (sulfide) groups is 1. The largest absolute Gasteiger partial charge is 0.326 e. The number of hydrogen-bond acceptors (Lipinski definition) is 4. The van der Waals surface area contributed by atoms with Gasteiger partial charge in [0.1, 0.15) is 0 Å². The van der Waals surface area contributed by atoms with Crippen LogP contribution in [0.1, 0.15) is 24.2 Å². The molecule has 96 valence electrons. The summed E-state index contributed by atoms with van der Waals surface area (Å²) in [6.45, 7) is 2.10. The molecule has 2 heterocycles. The molecule has 0 saturated carbocycles. The van der Waals surface area contributed by atoms with Gasteiger partial charge in [-0.25, -0.2) is 4.98 Å². The molecule has 0 aliphatic carbocycles. The van der Waals surface area contributed by atoms with Crippen LogP contribution in [0.2, 0.25) is 0 Å². The van der Waals surface area contributed by atoms with Gasteiger partial charge in [-0.15, -0.1) is 0 Å². The zero-order valence-corrected chi connectivity index (χ0v) is 11.5. The maximum Gasteiger partial charge on any atom is 0.0966 e. The van der Waals surface area contributed by atoms with Crippen LogP contribution in [0.25, 0.3) is 0 Å². The van der Waals surface area contributed by atoms with Gasteiger partial charge in [0.15, 0.2) is 0 Å². The van der Waals surface area contributed by atoms with Crippen molar-refractivity contribution in [2.45, 2.75) is 29.7 Å². The summed E-state index contributed by atoms with van der Waals surface area (Å²) < 4.78 is 1.81. The second-order valence-electron chi connectivity index (χ2n) is 4.23. The van der Waals surface area contributed by atoms with Crippen molar-refractivity contribution in [2.75, 3.05) is 0 Å². The van der Waals surface area contributed by atoms with Crippen LogP contribution in [-0.2, 0) is 7.05 Å². The van der Waals surface area contributed by atoms with Crippen molar-refractivity contribution in [3.63, 3.8) is 0 Å². The lowest BCUT2D eigenvalue weighted by molar-refractivity contribution is 0.633. The molecule has 0 aliphatic heterocycles. The lowest BCUT2D eigenvalue weighted by atomic mass is 10.1. The monoisotopic (exact) mass is 262 g/mol. The number of nitrogens with zero attached hydrogens (tertiary/aromatic N) is 3. The Hall–Kier alpha value is -1.33. The summed E-state index contributed by atoms with van der Waals surface area (Å²) in [5.41, 5.74) is 7.38. The Labute approximate surface area is 112 Å². The first kappa shape index (κ1) is 13.1. The smallest absolute Gasteiger partial charge is 0.0966 e. The molecule has 18 heavy (non-hydrogen) atoms. The molecule has 0 radical (unpaired) electrons. The fourth-order valence-electron chi connectivity index (χ4n) is 1.75. The van der Waals surface area contributed by atoms with Crippen LogP contribution in [-0.4, -0.2) is 20.8 Å². The Morgan fingerprint density at radius 3 is 2.83 bits per heavy atom. The van der Waals surface area contributed by atoms with Crippen LogP contribution in [0, 0.1) is 0 Å². The van der Waals surface area contributed by atoms with E-state index in [2.05, 4.69) is 17.0 Å². The fraction of sp³-hybridized carbons (Fsp3) is 0.385. The van der Waals surface area contributed by atoms with E-state index < -0.39 is 0 Å². The zero-order chi connectivity index (χ0) is 13.0. The third-order valence-electron chi connectivity index (χ3n) is 2.80. The van der Waals surface area contributed by atoms with Crippen LogP contribution in [0.4, 0.5) is 0 Å². The molecular weight excluding hydrogens is 244 g/mol. The minimum absolute atomic E-state index is 0.0983. The van der Waals surface area contributed by atoms with Crippen LogP contribution in [0.5, 0.6) is 0 Å². The summed E-state index contributed by atoms with van der Waals surface area (Å²) in [5, 5.41) is 5.41. The summed E-state index contributed by atoms with van der Waals surface area (Å²) in [4.78, 5) is 4.35. The van der Waals surface area contributed by atoms with Gasteiger partial charge in [-0.2, -0.15) is 5.10 Å². The molecule has 5 heteroatoms. The number of hydrogen-bond donors (Lipinski definition) is 1. The summed E-state index contributed by atoms with van der Waals surface area (Å²) >= 11 is 1.70. The molecule has 0 aromatic carbocycles. The molecule has 0 amide bonds. The predicted molar refractivity (Wildman–Crippen MR) is 74.3 cm³/mol. The first-order chi connectivity index (χ1) is 8.70. The molecule has 0 saturated heterocycles. The number of pyridine rings is 1. The molecule has 2 rings (SSSR count). The van der Waals surface area contributed by atoms with Gasteiger partial charge in [0.05, 0.1) is 16.5 Å². The molecule has 2 N–H and O–H groups in total. The van der Waals surface area contributed by atoms with Gasteiger partial charge >= 0.3 is 0 Å². The van der Waals surface area contributed by atoms with Gasteiger partial charge in [0.2, 0.25) is 0 Å². The summed E-state index contributed by atoms with van der Waals surface area (Å²) in [6, 6.07) is 6.02. The van der Waals surface area contributed by atoms with Crippen LogP contribution < -0.4 is 5.73 Å². The maximum absolute atomic E-state index is 6.22. The van der Waals surface area contributed by atoms with Crippen molar-refractivity contribution in [2.24, 2.45) is 12.8 Å². The summed E-state index contributed by atoms with van der Waals surface area (Å²) in [6.07, 6.45) is 6.64. The maximum atomic E-state index is 6.22. The number of rotatable bonds is 5. The highest BCUT2D eigenvalue weighted by atomic mass is 32.2. The van der Waals surface area contributed by atoms with Crippen molar-refractivity contribution in [1.29, 1.82) is 0 Å². The second-order valence-corrected chi connectivity index (χ2v) is 5.39. The van der Waals surface area contributed by atoms with E-state index in [9.17, 15) is 0 Å². The average molecular weight is 262 g/mol. The van der Waals surface area contributed by atoms with Crippen molar-refractivity contribution in [1.82, 2.24) is 14.8 Å². The first-order valence-electron chi connectivity index (χ1n) is 6.02. The van der Waals surface area contributed by atoms with Gasteiger partial charge in [-0.1, -0.05) is 24.8 Å². The molecule has 2 unspecified atom stereocenters. The molecule has 2 aromatic rings. The topological polar surface area (TPSA) is 56.7 Å². The van der Waals surface area contributed by atoms with E-state index >= 15 is 0 Å². The van der Waals surface area contributed by atoms with E-state index in [-0.39, 0.29) is 11.3 Å². The van der Waals surface area contributed by atoms with Gasteiger partial charge in [-0.05, 0) is 18.6 Å².